The Balaban J connectivity index is 3.25. The van der Waals surface area contributed by atoms with Gasteiger partial charge in [-0.1, -0.05) is 50.6 Å². The maximum Gasteiger partial charge on any atom is 0.408 e. The molecular formula is C26H41N3O4. The van der Waals surface area contributed by atoms with Gasteiger partial charge < -0.3 is 20.3 Å². The first-order chi connectivity index (χ1) is 15.3. The summed E-state index contributed by atoms with van der Waals surface area (Å²) in [6, 6.07) is 6.56. The standard InChI is InChI=1S/C26H41N3O4/c1-9-11-12-16-27-23(31)22(20-15-13-14-19(10-2)17-20)29(25(3,4)5)21(30)18-28-24(32)33-26(6,7)8/h10,13-15,17,22H,2,9,11-12,16,18H2,1,3-8H3,(H,27,31)(H,28,32). The van der Waals surface area contributed by atoms with Crippen LogP contribution in [0.3, 0.4) is 0 Å². The molecule has 1 aromatic carbocycles. The number of unbranched alkanes of at least 4 members (excludes halogenated alkanes) is 2. The molecule has 7 heteroatoms. The van der Waals surface area contributed by atoms with Crippen LogP contribution in [0.25, 0.3) is 6.08 Å². The van der Waals surface area contributed by atoms with Gasteiger partial charge in [0, 0.05) is 12.1 Å². The van der Waals surface area contributed by atoms with Crippen molar-refractivity contribution in [2.75, 3.05) is 13.1 Å². The van der Waals surface area contributed by atoms with E-state index in [4.69, 9.17) is 4.74 Å². The molecule has 0 bridgehead atoms. The molecule has 0 heterocycles. The number of benzene rings is 1. The SMILES string of the molecule is C=Cc1cccc(C(C(=O)NCCCCC)N(C(=O)CNC(=O)OC(C)(C)C)C(C)(C)C)c1. The summed E-state index contributed by atoms with van der Waals surface area (Å²) in [5, 5.41) is 5.51. The second-order valence-electron chi connectivity index (χ2n) is 10.1. The Labute approximate surface area is 198 Å². The Morgan fingerprint density at radius 2 is 1.76 bits per heavy atom. The van der Waals surface area contributed by atoms with E-state index in [1.807, 2.05) is 45.0 Å². The van der Waals surface area contributed by atoms with Crippen molar-refractivity contribution in [2.45, 2.75) is 84.9 Å². The third-order valence-corrected chi connectivity index (χ3v) is 4.82. The molecule has 1 aromatic rings. The van der Waals surface area contributed by atoms with E-state index in [1.165, 1.54) is 4.90 Å². The van der Waals surface area contributed by atoms with Crippen molar-refractivity contribution in [3.63, 3.8) is 0 Å². The van der Waals surface area contributed by atoms with Crippen molar-refractivity contribution in [3.8, 4) is 0 Å². The van der Waals surface area contributed by atoms with Crippen LogP contribution in [0, 0.1) is 0 Å². The number of nitrogens with one attached hydrogen (secondary N) is 2. The maximum atomic E-state index is 13.4. The topological polar surface area (TPSA) is 87.7 Å². The van der Waals surface area contributed by atoms with Crippen molar-refractivity contribution in [2.24, 2.45) is 0 Å². The van der Waals surface area contributed by atoms with E-state index < -0.39 is 23.3 Å². The number of amides is 3. The Bertz CT molecular complexity index is 822. The van der Waals surface area contributed by atoms with Crippen LogP contribution in [0.1, 0.15) is 84.9 Å². The normalized spacial score (nSPS) is 12.5. The predicted molar refractivity (Wildman–Crippen MR) is 133 cm³/mol. The lowest BCUT2D eigenvalue weighted by Gasteiger charge is -2.41. The lowest BCUT2D eigenvalue weighted by atomic mass is 9.95. The molecule has 3 amide bonds. The highest BCUT2D eigenvalue weighted by Gasteiger charge is 2.38. The van der Waals surface area contributed by atoms with E-state index in [9.17, 15) is 14.4 Å². The summed E-state index contributed by atoms with van der Waals surface area (Å²) < 4.78 is 5.24. The van der Waals surface area contributed by atoms with E-state index in [1.54, 1.807) is 26.8 Å². The third kappa shape index (κ3) is 9.68. The van der Waals surface area contributed by atoms with Crippen molar-refractivity contribution < 1.29 is 19.1 Å². The summed E-state index contributed by atoms with van der Waals surface area (Å²) >= 11 is 0. The summed E-state index contributed by atoms with van der Waals surface area (Å²) in [6.45, 7) is 17.0. The van der Waals surface area contributed by atoms with Crippen LogP contribution in [0.5, 0.6) is 0 Å². The molecule has 0 fully saturated rings. The zero-order chi connectivity index (χ0) is 25.2. The van der Waals surface area contributed by atoms with Gasteiger partial charge in [0.1, 0.15) is 18.2 Å². The molecule has 184 valence electrons. The van der Waals surface area contributed by atoms with Gasteiger partial charge in [0.15, 0.2) is 0 Å². The minimum Gasteiger partial charge on any atom is -0.444 e. The second kappa shape index (κ2) is 12.4. The number of rotatable bonds is 10. The second-order valence-corrected chi connectivity index (χ2v) is 10.1. The number of carbonyl (C=O) groups excluding carboxylic acids is 3. The molecule has 0 spiro atoms. The lowest BCUT2D eigenvalue weighted by Crippen LogP contribution is -2.55. The molecular weight excluding hydrogens is 418 g/mol. The Hall–Kier alpha value is -2.83. The number of ether oxygens (including phenoxy) is 1. The van der Waals surface area contributed by atoms with Crippen molar-refractivity contribution >= 4 is 24.0 Å². The Morgan fingerprint density at radius 3 is 2.30 bits per heavy atom. The van der Waals surface area contributed by atoms with Gasteiger partial charge in [0.05, 0.1) is 0 Å². The molecule has 2 N–H and O–H groups in total. The molecule has 33 heavy (non-hydrogen) atoms. The zero-order valence-corrected chi connectivity index (χ0v) is 21.3. The Kier molecular flexibility index (Phi) is 10.6. The predicted octanol–water partition coefficient (Wildman–Crippen LogP) is 4.83. The molecule has 0 aliphatic carbocycles. The van der Waals surface area contributed by atoms with Crippen LogP contribution in [0.2, 0.25) is 0 Å². The van der Waals surface area contributed by atoms with E-state index in [-0.39, 0.29) is 18.4 Å². The number of carbonyl (C=O) groups is 3. The van der Waals surface area contributed by atoms with E-state index in [2.05, 4.69) is 24.1 Å². The molecule has 1 unspecified atom stereocenters. The fourth-order valence-corrected chi connectivity index (χ4v) is 3.41. The van der Waals surface area contributed by atoms with Crippen molar-refractivity contribution in [1.82, 2.24) is 15.5 Å². The minimum atomic E-state index is -0.862. The molecule has 0 aliphatic rings. The van der Waals surface area contributed by atoms with Crippen LogP contribution >= 0.6 is 0 Å². The summed E-state index contributed by atoms with van der Waals surface area (Å²) in [5.74, 6) is -0.640. The van der Waals surface area contributed by atoms with E-state index >= 15 is 0 Å². The molecule has 7 nitrogen and oxygen atoms in total. The smallest absolute Gasteiger partial charge is 0.408 e. The highest BCUT2D eigenvalue weighted by molar-refractivity contribution is 5.91. The maximum absolute atomic E-state index is 13.4. The van der Waals surface area contributed by atoms with Gasteiger partial charge in [0.2, 0.25) is 11.8 Å². The molecule has 0 saturated carbocycles. The highest BCUT2D eigenvalue weighted by atomic mass is 16.6. The van der Waals surface area contributed by atoms with Crippen LogP contribution in [-0.4, -0.2) is 47.0 Å². The number of hydrogen-bond donors (Lipinski definition) is 2. The van der Waals surface area contributed by atoms with Crippen LogP contribution in [0.15, 0.2) is 30.8 Å². The van der Waals surface area contributed by atoms with Crippen molar-refractivity contribution in [1.29, 1.82) is 0 Å². The molecule has 0 radical (unpaired) electrons. The zero-order valence-electron chi connectivity index (χ0n) is 21.3. The summed E-state index contributed by atoms with van der Waals surface area (Å²) in [7, 11) is 0. The van der Waals surface area contributed by atoms with Crippen LogP contribution < -0.4 is 10.6 Å². The molecule has 1 atom stereocenters. The minimum absolute atomic E-state index is 0.257. The highest BCUT2D eigenvalue weighted by Crippen LogP contribution is 2.30. The first-order valence-electron chi connectivity index (χ1n) is 11.6. The summed E-state index contributed by atoms with van der Waals surface area (Å²) in [6.07, 6.45) is 3.94. The summed E-state index contributed by atoms with van der Waals surface area (Å²) in [4.78, 5) is 40.4. The average molecular weight is 460 g/mol. The van der Waals surface area contributed by atoms with Gasteiger partial charge >= 0.3 is 6.09 Å². The molecule has 1 rings (SSSR count). The van der Waals surface area contributed by atoms with Crippen LogP contribution in [-0.2, 0) is 14.3 Å². The number of nitrogens with zero attached hydrogens (tertiary/aromatic N) is 1. The number of hydrogen-bond acceptors (Lipinski definition) is 4. The van der Waals surface area contributed by atoms with Gasteiger partial charge in [0.25, 0.3) is 0 Å². The summed E-state index contributed by atoms with van der Waals surface area (Å²) in [5.41, 5.74) is 0.163. The van der Waals surface area contributed by atoms with E-state index in [0.29, 0.717) is 12.1 Å². The van der Waals surface area contributed by atoms with Gasteiger partial charge in [-0.25, -0.2) is 4.79 Å². The van der Waals surface area contributed by atoms with Crippen LogP contribution in [0.4, 0.5) is 4.79 Å². The van der Waals surface area contributed by atoms with Gasteiger partial charge in [-0.15, -0.1) is 0 Å². The largest absolute Gasteiger partial charge is 0.444 e. The van der Waals surface area contributed by atoms with E-state index in [0.717, 1.165) is 24.8 Å². The molecule has 0 aromatic heterocycles. The monoisotopic (exact) mass is 459 g/mol. The Morgan fingerprint density at radius 1 is 1.09 bits per heavy atom. The average Bonchev–Trinajstić information content (AvgIpc) is 2.71. The fraction of sp³-hybridized carbons (Fsp3) is 0.577. The fourth-order valence-electron chi connectivity index (χ4n) is 3.41. The lowest BCUT2D eigenvalue weighted by molar-refractivity contribution is -0.145. The number of alkyl carbamates (subject to hydrolysis) is 1. The van der Waals surface area contributed by atoms with Gasteiger partial charge in [-0.05, 0) is 65.2 Å². The van der Waals surface area contributed by atoms with Gasteiger partial charge in [-0.2, -0.15) is 0 Å². The quantitative estimate of drug-likeness (QED) is 0.491. The molecule has 0 aliphatic heterocycles. The first-order valence-corrected chi connectivity index (χ1v) is 11.6. The van der Waals surface area contributed by atoms with Crippen molar-refractivity contribution in [3.05, 3.63) is 42.0 Å². The third-order valence-electron chi connectivity index (χ3n) is 4.82. The first kappa shape index (κ1) is 28.2. The molecule has 0 saturated heterocycles. The van der Waals surface area contributed by atoms with Gasteiger partial charge in [-0.3, -0.25) is 9.59 Å².